The molecule has 0 bridgehead atoms. The summed E-state index contributed by atoms with van der Waals surface area (Å²) in [5.41, 5.74) is 2.56. The van der Waals surface area contributed by atoms with Gasteiger partial charge in [-0.3, -0.25) is 0 Å². The molecule has 2 N–H and O–H groups in total. The lowest BCUT2D eigenvalue weighted by atomic mass is 10.0. The lowest BCUT2D eigenvalue weighted by Crippen LogP contribution is -2.27. The topological polar surface area (TPSA) is 53.1 Å². The summed E-state index contributed by atoms with van der Waals surface area (Å²) in [5, 5.41) is 6.53. The Hall–Kier alpha value is -2.14. The number of aryl methyl sites for hydroxylation is 1. The van der Waals surface area contributed by atoms with E-state index in [1.807, 2.05) is 6.07 Å². The summed E-state index contributed by atoms with van der Waals surface area (Å²) in [6.45, 7) is 5.77. The molecule has 0 fully saturated rings. The average Bonchev–Trinajstić information content (AvgIpc) is 2.48. The Morgan fingerprint density at radius 2 is 2.00 bits per heavy atom. The van der Waals surface area contributed by atoms with E-state index in [-0.39, 0.29) is 6.04 Å². The SMILES string of the molecule is CCNc1ccnc(NC[C@@H](c2cccc(C)c2)N(C)C)n1. The van der Waals surface area contributed by atoms with Crippen molar-refractivity contribution in [1.29, 1.82) is 0 Å². The number of benzene rings is 1. The van der Waals surface area contributed by atoms with E-state index in [1.165, 1.54) is 11.1 Å². The van der Waals surface area contributed by atoms with E-state index in [2.05, 4.69) is 77.7 Å². The molecule has 1 atom stereocenters. The molecule has 5 heteroatoms. The summed E-state index contributed by atoms with van der Waals surface area (Å²) in [5.74, 6) is 1.50. The van der Waals surface area contributed by atoms with Gasteiger partial charge in [-0.25, -0.2) is 4.98 Å². The number of nitrogens with one attached hydrogen (secondary N) is 2. The summed E-state index contributed by atoms with van der Waals surface area (Å²) >= 11 is 0. The number of nitrogens with zero attached hydrogens (tertiary/aromatic N) is 3. The van der Waals surface area contributed by atoms with Crippen molar-refractivity contribution in [2.24, 2.45) is 0 Å². The summed E-state index contributed by atoms with van der Waals surface area (Å²) in [7, 11) is 4.18. The maximum Gasteiger partial charge on any atom is 0.224 e. The predicted octanol–water partition coefficient (Wildman–Crippen LogP) is 2.93. The van der Waals surface area contributed by atoms with Crippen molar-refractivity contribution in [2.45, 2.75) is 19.9 Å². The summed E-state index contributed by atoms with van der Waals surface area (Å²) in [6.07, 6.45) is 1.77. The van der Waals surface area contributed by atoms with Gasteiger partial charge in [0.1, 0.15) is 5.82 Å². The molecule has 0 saturated heterocycles. The molecule has 22 heavy (non-hydrogen) atoms. The summed E-state index contributed by atoms with van der Waals surface area (Å²) in [4.78, 5) is 10.9. The molecule has 0 spiro atoms. The minimum atomic E-state index is 0.270. The lowest BCUT2D eigenvalue weighted by Gasteiger charge is -2.25. The van der Waals surface area contributed by atoms with Gasteiger partial charge in [0.25, 0.3) is 0 Å². The van der Waals surface area contributed by atoms with Gasteiger partial charge in [-0.1, -0.05) is 29.8 Å². The highest BCUT2D eigenvalue weighted by Crippen LogP contribution is 2.19. The molecule has 2 aromatic rings. The molecule has 0 aliphatic heterocycles. The monoisotopic (exact) mass is 299 g/mol. The molecule has 2 rings (SSSR count). The lowest BCUT2D eigenvalue weighted by molar-refractivity contribution is 0.311. The summed E-state index contributed by atoms with van der Waals surface area (Å²) < 4.78 is 0. The quantitative estimate of drug-likeness (QED) is 0.823. The van der Waals surface area contributed by atoms with Crippen LogP contribution in [0.15, 0.2) is 36.5 Å². The molecule has 1 aromatic heterocycles. The normalized spacial score (nSPS) is 12.2. The van der Waals surface area contributed by atoms with Crippen LogP contribution in [0.5, 0.6) is 0 Å². The number of likely N-dealkylation sites (N-methyl/N-ethyl adjacent to an activating group) is 1. The highest BCUT2D eigenvalue weighted by Gasteiger charge is 2.14. The van der Waals surface area contributed by atoms with Crippen LogP contribution in [0.3, 0.4) is 0 Å². The van der Waals surface area contributed by atoms with Crippen LogP contribution < -0.4 is 10.6 Å². The fraction of sp³-hybridized carbons (Fsp3) is 0.412. The number of hydrogen-bond donors (Lipinski definition) is 2. The van der Waals surface area contributed by atoms with Crippen molar-refractivity contribution in [3.05, 3.63) is 47.7 Å². The molecule has 0 aliphatic carbocycles. The van der Waals surface area contributed by atoms with Crippen LogP contribution in [0.25, 0.3) is 0 Å². The van der Waals surface area contributed by atoms with Crippen molar-refractivity contribution in [1.82, 2.24) is 14.9 Å². The van der Waals surface area contributed by atoms with Crippen molar-refractivity contribution in [3.8, 4) is 0 Å². The highest BCUT2D eigenvalue weighted by molar-refractivity contribution is 5.39. The van der Waals surface area contributed by atoms with Crippen LogP contribution in [-0.2, 0) is 0 Å². The second kappa shape index (κ2) is 7.75. The average molecular weight is 299 g/mol. The van der Waals surface area contributed by atoms with Gasteiger partial charge in [0.05, 0.1) is 6.04 Å². The van der Waals surface area contributed by atoms with Crippen LogP contribution in [0, 0.1) is 6.92 Å². The number of rotatable bonds is 7. The van der Waals surface area contributed by atoms with Gasteiger partial charge in [0, 0.05) is 19.3 Å². The first kappa shape index (κ1) is 16.2. The molecule has 1 aromatic carbocycles. The molecule has 0 aliphatic rings. The van der Waals surface area contributed by atoms with Crippen LogP contribution in [0.4, 0.5) is 11.8 Å². The Kier molecular flexibility index (Phi) is 5.72. The van der Waals surface area contributed by atoms with Gasteiger partial charge in [-0.15, -0.1) is 0 Å². The molecular weight excluding hydrogens is 274 g/mol. The zero-order chi connectivity index (χ0) is 15.9. The molecule has 0 radical (unpaired) electrons. The van der Waals surface area contributed by atoms with Crippen LogP contribution in [0.1, 0.15) is 24.1 Å². The number of hydrogen-bond acceptors (Lipinski definition) is 5. The fourth-order valence-corrected chi connectivity index (χ4v) is 2.39. The van der Waals surface area contributed by atoms with Gasteiger partial charge in [-0.2, -0.15) is 4.98 Å². The first-order chi connectivity index (χ1) is 10.6. The van der Waals surface area contributed by atoms with E-state index in [1.54, 1.807) is 6.20 Å². The van der Waals surface area contributed by atoms with Crippen molar-refractivity contribution < 1.29 is 0 Å². The third kappa shape index (κ3) is 4.43. The summed E-state index contributed by atoms with van der Waals surface area (Å²) in [6, 6.07) is 10.7. The Balaban J connectivity index is 2.08. The third-order valence-electron chi connectivity index (χ3n) is 3.52. The number of aromatic nitrogens is 2. The maximum absolute atomic E-state index is 4.45. The van der Waals surface area contributed by atoms with Gasteiger partial charge < -0.3 is 15.5 Å². The van der Waals surface area contributed by atoms with Gasteiger partial charge in [0.15, 0.2) is 0 Å². The second-order valence-electron chi connectivity index (χ2n) is 5.57. The van der Waals surface area contributed by atoms with E-state index in [4.69, 9.17) is 0 Å². The zero-order valence-electron chi connectivity index (χ0n) is 13.8. The zero-order valence-corrected chi connectivity index (χ0v) is 13.8. The molecule has 1 heterocycles. The first-order valence-electron chi connectivity index (χ1n) is 7.64. The molecule has 118 valence electrons. The molecule has 5 nitrogen and oxygen atoms in total. The fourth-order valence-electron chi connectivity index (χ4n) is 2.39. The van der Waals surface area contributed by atoms with Gasteiger partial charge in [-0.05, 0) is 39.6 Å². The van der Waals surface area contributed by atoms with E-state index < -0.39 is 0 Å². The predicted molar refractivity (Wildman–Crippen MR) is 92.3 cm³/mol. The van der Waals surface area contributed by atoms with Crippen molar-refractivity contribution in [2.75, 3.05) is 37.8 Å². The Labute approximate surface area is 132 Å². The van der Waals surface area contributed by atoms with Crippen molar-refractivity contribution in [3.63, 3.8) is 0 Å². The molecular formula is C17H25N5. The minimum Gasteiger partial charge on any atom is -0.370 e. The van der Waals surface area contributed by atoms with Crippen LogP contribution >= 0.6 is 0 Å². The Bertz CT molecular complexity index is 597. The molecule has 0 unspecified atom stereocenters. The van der Waals surface area contributed by atoms with E-state index >= 15 is 0 Å². The smallest absolute Gasteiger partial charge is 0.224 e. The second-order valence-corrected chi connectivity index (χ2v) is 5.57. The Morgan fingerprint density at radius 3 is 2.68 bits per heavy atom. The maximum atomic E-state index is 4.45. The third-order valence-corrected chi connectivity index (χ3v) is 3.52. The molecule has 0 saturated carbocycles. The Morgan fingerprint density at radius 1 is 1.18 bits per heavy atom. The van der Waals surface area contributed by atoms with E-state index in [0.717, 1.165) is 18.9 Å². The van der Waals surface area contributed by atoms with Crippen LogP contribution in [-0.4, -0.2) is 42.1 Å². The van der Waals surface area contributed by atoms with Gasteiger partial charge >= 0.3 is 0 Å². The van der Waals surface area contributed by atoms with E-state index in [0.29, 0.717) is 5.95 Å². The van der Waals surface area contributed by atoms with Gasteiger partial charge in [0.2, 0.25) is 5.95 Å². The van der Waals surface area contributed by atoms with Crippen molar-refractivity contribution >= 4 is 11.8 Å². The highest BCUT2D eigenvalue weighted by atomic mass is 15.2. The minimum absolute atomic E-state index is 0.270. The van der Waals surface area contributed by atoms with E-state index in [9.17, 15) is 0 Å². The standard InChI is InChI=1S/C17H25N5/c1-5-18-16-9-10-19-17(21-16)20-12-15(22(3)4)14-8-6-7-13(2)11-14/h6-11,15H,5,12H2,1-4H3,(H2,18,19,20,21)/t15-/m0/s1. The first-order valence-corrected chi connectivity index (χ1v) is 7.64. The molecule has 0 amide bonds. The van der Waals surface area contributed by atoms with Crippen LogP contribution in [0.2, 0.25) is 0 Å². The number of anilines is 2. The largest absolute Gasteiger partial charge is 0.370 e.